The van der Waals surface area contributed by atoms with Gasteiger partial charge in [-0.3, -0.25) is 15.0 Å². The quantitative estimate of drug-likeness (QED) is 0.575. The first-order valence-corrected chi connectivity index (χ1v) is 8.18. The molecule has 1 aromatic rings. The molecule has 1 unspecified atom stereocenters. The SMILES string of the molecule is CC(C)(C)OC(=O)N1CCCOCC1c1cc([N+](=O)[O-])c(F)cc1Cl. The number of ether oxygens (including phenoxy) is 2. The van der Waals surface area contributed by atoms with Gasteiger partial charge in [0.25, 0.3) is 0 Å². The van der Waals surface area contributed by atoms with Gasteiger partial charge in [-0.25, -0.2) is 4.79 Å². The highest BCUT2D eigenvalue weighted by Gasteiger charge is 2.33. The van der Waals surface area contributed by atoms with Crippen LogP contribution in [0.5, 0.6) is 0 Å². The third-order valence-corrected chi connectivity index (χ3v) is 3.92. The fourth-order valence-electron chi connectivity index (χ4n) is 2.52. The molecule has 1 aliphatic rings. The molecule has 1 aliphatic heterocycles. The molecule has 0 aromatic heterocycles. The van der Waals surface area contributed by atoms with Gasteiger partial charge < -0.3 is 9.47 Å². The predicted molar refractivity (Wildman–Crippen MR) is 89.2 cm³/mol. The van der Waals surface area contributed by atoms with Crippen LogP contribution in [0.15, 0.2) is 12.1 Å². The second-order valence-corrected chi connectivity index (χ2v) is 7.11. The summed E-state index contributed by atoms with van der Waals surface area (Å²) in [5.74, 6) is -1.03. The van der Waals surface area contributed by atoms with Crippen molar-refractivity contribution in [3.63, 3.8) is 0 Å². The largest absolute Gasteiger partial charge is 0.444 e. The molecule has 1 aromatic carbocycles. The number of hydrogen-bond donors (Lipinski definition) is 0. The lowest BCUT2D eigenvalue weighted by Gasteiger charge is -2.32. The van der Waals surface area contributed by atoms with Gasteiger partial charge in [-0.15, -0.1) is 0 Å². The van der Waals surface area contributed by atoms with Crippen molar-refractivity contribution in [2.24, 2.45) is 0 Å². The van der Waals surface area contributed by atoms with Gasteiger partial charge in [-0.2, -0.15) is 4.39 Å². The van der Waals surface area contributed by atoms with E-state index in [1.54, 1.807) is 20.8 Å². The van der Waals surface area contributed by atoms with Crippen LogP contribution in [0.2, 0.25) is 5.02 Å². The molecule has 0 bridgehead atoms. The van der Waals surface area contributed by atoms with E-state index in [1.165, 1.54) is 4.90 Å². The van der Waals surface area contributed by atoms with E-state index in [0.717, 1.165) is 12.1 Å². The van der Waals surface area contributed by atoms with Crippen LogP contribution >= 0.6 is 11.6 Å². The van der Waals surface area contributed by atoms with Crippen LogP contribution < -0.4 is 0 Å². The molecule has 2 rings (SSSR count). The van der Waals surface area contributed by atoms with Gasteiger partial charge in [0.1, 0.15) is 5.60 Å². The Balaban J connectivity index is 2.43. The molecule has 0 saturated carbocycles. The van der Waals surface area contributed by atoms with Crippen LogP contribution in [0.25, 0.3) is 0 Å². The summed E-state index contributed by atoms with van der Waals surface area (Å²) in [5.41, 5.74) is -1.15. The van der Waals surface area contributed by atoms with E-state index in [0.29, 0.717) is 19.6 Å². The van der Waals surface area contributed by atoms with Gasteiger partial charge in [0.05, 0.1) is 17.6 Å². The lowest BCUT2D eigenvalue weighted by molar-refractivity contribution is -0.387. The van der Waals surface area contributed by atoms with Crippen molar-refractivity contribution in [1.29, 1.82) is 0 Å². The molecular weight excluding hydrogens is 355 g/mol. The first kappa shape index (κ1) is 19.4. The Morgan fingerprint density at radius 1 is 1.48 bits per heavy atom. The van der Waals surface area contributed by atoms with Crippen molar-refractivity contribution in [2.45, 2.75) is 38.8 Å². The molecular formula is C16H20ClFN2O5. The van der Waals surface area contributed by atoms with Crippen molar-refractivity contribution in [3.8, 4) is 0 Å². The summed E-state index contributed by atoms with van der Waals surface area (Å²) in [6.45, 7) is 6.07. The monoisotopic (exact) mass is 374 g/mol. The summed E-state index contributed by atoms with van der Waals surface area (Å²) in [6, 6.07) is 1.23. The number of rotatable bonds is 2. The van der Waals surface area contributed by atoms with Crippen LogP contribution in [-0.4, -0.2) is 41.3 Å². The first-order valence-electron chi connectivity index (χ1n) is 7.81. The van der Waals surface area contributed by atoms with Gasteiger partial charge in [0.15, 0.2) is 0 Å². The molecule has 0 radical (unpaired) electrons. The first-order chi connectivity index (χ1) is 11.6. The molecule has 0 aliphatic carbocycles. The molecule has 1 heterocycles. The third kappa shape index (κ3) is 4.79. The number of nitrogens with zero attached hydrogens (tertiary/aromatic N) is 2. The van der Waals surface area contributed by atoms with Crippen LogP contribution in [0.4, 0.5) is 14.9 Å². The summed E-state index contributed by atoms with van der Waals surface area (Å²) in [6.07, 6.45) is 0.00227. The summed E-state index contributed by atoms with van der Waals surface area (Å²) in [5, 5.41) is 11.0. The average molecular weight is 375 g/mol. The highest BCUT2D eigenvalue weighted by Crippen LogP contribution is 2.34. The topological polar surface area (TPSA) is 81.9 Å². The zero-order valence-electron chi connectivity index (χ0n) is 14.3. The Hall–Kier alpha value is -1.93. The number of carbonyl (C=O) groups is 1. The standard InChI is InChI=1S/C16H20ClFN2O5/c1-16(2,3)25-15(21)19-5-4-6-24-9-14(19)10-7-13(20(22)23)12(18)8-11(10)17/h7-8,14H,4-6,9H2,1-3H3. The van der Waals surface area contributed by atoms with E-state index in [9.17, 15) is 19.3 Å². The minimum Gasteiger partial charge on any atom is -0.444 e. The van der Waals surface area contributed by atoms with E-state index in [4.69, 9.17) is 21.1 Å². The van der Waals surface area contributed by atoms with Gasteiger partial charge >= 0.3 is 11.8 Å². The highest BCUT2D eigenvalue weighted by molar-refractivity contribution is 6.31. The van der Waals surface area contributed by atoms with Gasteiger partial charge in [-0.1, -0.05) is 11.6 Å². The molecule has 138 valence electrons. The zero-order valence-corrected chi connectivity index (χ0v) is 15.0. The van der Waals surface area contributed by atoms with E-state index in [2.05, 4.69) is 0 Å². The number of halogens is 2. The van der Waals surface area contributed by atoms with Crippen molar-refractivity contribution >= 4 is 23.4 Å². The number of amides is 1. The molecule has 1 amide bonds. The second kappa shape index (κ2) is 7.53. The fourth-order valence-corrected chi connectivity index (χ4v) is 2.80. The van der Waals surface area contributed by atoms with Gasteiger partial charge in [0.2, 0.25) is 5.82 Å². The molecule has 1 fully saturated rings. The van der Waals surface area contributed by atoms with Gasteiger partial charge in [-0.05, 0) is 33.3 Å². The van der Waals surface area contributed by atoms with E-state index >= 15 is 0 Å². The third-order valence-electron chi connectivity index (χ3n) is 3.59. The Morgan fingerprint density at radius 2 is 2.16 bits per heavy atom. The molecule has 1 atom stereocenters. The Labute approximate surface area is 149 Å². The molecule has 7 nitrogen and oxygen atoms in total. The predicted octanol–water partition coefficient (Wildman–Crippen LogP) is 4.09. The molecule has 0 N–H and O–H groups in total. The summed E-state index contributed by atoms with van der Waals surface area (Å²) < 4.78 is 24.6. The Morgan fingerprint density at radius 3 is 2.76 bits per heavy atom. The van der Waals surface area contributed by atoms with Crippen LogP contribution in [0, 0.1) is 15.9 Å². The lowest BCUT2D eigenvalue weighted by atomic mass is 10.0. The molecule has 25 heavy (non-hydrogen) atoms. The number of hydrogen-bond acceptors (Lipinski definition) is 5. The van der Waals surface area contributed by atoms with Crippen LogP contribution in [0.3, 0.4) is 0 Å². The van der Waals surface area contributed by atoms with Crippen molar-refractivity contribution in [3.05, 3.63) is 38.7 Å². The Bertz CT molecular complexity index is 677. The molecule has 9 heteroatoms. The highest BCUT2D eigenvalue weighted by atomic mass is 35.5. The minimum absolute atomic E-state index is 0.00726. The van der Waals surface area contributed by atoms with Crippen LogP contribution in [-0.2, 0) is 9.47 Å². The Kier molecular flexibility index (Phi) is 5.84. The lowest BCUT2D eigenvalue weighted by Crippen LogP contribution is -2.40. The smallest absolute Gasteiger partial charge is 0.410 e. The maximum absolute atomic E-state index is 13.7. The van der Waals surface area contributed by atoms with E-state index in [1.807, 2.05) is 0 Å². The second-order valence-electron chi connectivity index (χ2n) is 6.70. The molecule has 1 saturated heterocycles. The normalized spacial score (nSPS) is 18.6. The van der Waals surface area contributed by atoms with Crippen LogP contribution in [0.1, 0.15) is 38.8 Å². The number of carbonyl (C=O) groups excluding carboxylic acids is 1. The van der Waals surface area contributed by atoms with Crippen molar-refractivity contribution in [2.75, 3.05) is 19.8 Å². The number of nitro benzene ring substituents is 1. The average Bonchev–Trinajstić information content (AvgIpc) is 2.70. The fraction of sp³-hybridized carbons (Fsp3) is 0.562. The number of benzene rings is 1. The maximum atomic E-state index is 13.7. The van der Waals surface area contributed by atoms with E-state index in [-0.39, 0.29) is 17.2 Å². The zero-order chi connectivity index (χ0) is 18.8. The van der Waals surface area contributed by atoms with Crippen molar-refractivity contribution in [1.82, 2.24) is 4.90 Å². The minimum atomic E-state index is -1.03. The molecule has 0 spiro atoms. The summed E-state index contributed by atoms with van der Waals surface area (Å²) in [7, 11) is 0. The van der Waals surface area contributed by atoms with Gasteiger partial charge in [0, 0.05) is 29.8 Å². The van der Waals surface area contributed by atoms with E-state index < -0.39 is 34.2 Å². The summed E-state index contributed by atoms with van der Waals surface area (Å²) in [4.78, 5) is 24.2. The number of nitro groups is 1. The van der Waals surface area contributed by atoms with Crippen molar-refractivity contribution < 1.29 is 23.6 Å². The summed E-state index contributed by atoms with van der Waals surface area (Å²) >= 11 is 6.10. The maximum Gasteiger partial charge on any atom is 0.410 e.